The lowest BCUT2D eigenvalue weighted by Crippen LogP contribution is -2.40. The van der Waals surface area contributed by atoms with Crippen LogP contribution in [0.2, 0.25) is 10.0 Å². The van der Waals surface area contributed by atoms with Gasteiger partial charge in [-0.05, 0) is 55.8 Å². The first kappa shape index (κ1) is 24.7. The second kappa shape index (κ2) is 10.3. The lowest BCUT2D eigenvalue weighted by molar-refractivity contribution is -0.119. The van der Waals surface area contributed by atoms with Crippen LogP contribution in [0.5, 0.6) is 0 Å². The van der Waals surface area contributed by atoms with Gasteiger partial charge in [0, 0.05) is 10.6 Å². The van der Waals surface area contributed by atoms with Gasteiger partial charge < -0.3 is 0 Å². The third-order valence-corrected chi connectivity index (χ3v) is 7.06. The van der Waals surface area contributed by atoms with E-state index in [1.54, 1.807) is 31.2 Å². The van der Waals surface area contributed by atoms with Crippen molar-refractivity contribution in [2.75, 3.05) is 10.8 Å². The van der Waals surface area contributed by atoms with Gasteiger partial charge in [0.25, 0.3) is 15.9 Å². The first-order valence-corrected chi connectivity index (χ1v) is 11.9. The number of carbonyl (C=O) groups is 1. The highest BCUT2D eigenvalue weighted by atomic mass is 35.5. The van der Waals surface area contributed by atoms with E-state index in [4.69, 9.17) is 23.2 Å². The molecular weight excluding hydrogens is 488 g/mol. The van der Waals surface area contributed by atoms with E-state index in [-0.39, 0.29) is 21.2 Å². The molecule has 10 heteroatoms. The van der Waals surface area contributed by atoms with E-state index in [0.717, 1.165) is 16.1 Å². The van der Waals surface area contributed by atoms with Crippen molar-refractivity contribution in [2.24, 2.45) is 5.10 Å². The number of hydrogen-bond acceptors (Lipinski definition) is 4. The van der Waals surface area contributed by atoms with Gasteiger partial charge in [0.1, 0.15) is 12.4 Å². The van der Waals surface area contributed by atoms with Crippen LogP contribution in [0.25, 0.3) is 0 Å². The van der Waals surface area contributed by atoms with Gasteiger partial charge in [-0.25, -0.2) is 18.2 Å². The Bertz CT molecular complexity index is 1290. The molecule has 0 aliphatic rings. The van der Waals surface area contributed by atoms with E-state index < -0.39 is 28.3 Å². The molecule has 0 spiro atoms. The van der Waals surface area contributed by atoms with Crippen molar-refractivity contribution in [3.05, 3.63) is 93.2 Å². The van der Waals surface area contributed by atoms with Crippen molar-refractivity contribution in [2.45, 2.75) is 18.7 Å². The molecule has 6 nitrogen and oxygen atoms in total. The zero-order chi connectivity index (χ0) is 24.2. The summed E-state index contributed by atoms with van der Waals surface area (Å²) in [7, 11) is -4.11. The van der Waals surface area contributed by atoms with Gasteiger partial charge in [-0.3, -0.25) is 9.10 Å². The summed E-state index contributed by atoms with van der Waals surface area (Å²) in [6.45, 7) is 2.96. The van der Waals surface area contributed by atoms with Gasteiger partial charge >= 0.3 is 0 Å². The molecule has 0 heterocycles. The largest absolute Gasteiger partial charge is 0.271 e. The topological polar surface area (TPSA) is 78.8 Å². The normalized spacial score (nSPS) is 11.5. The smallest absolute Gasteiger partial charge is 0.264 e. The number of hydrogen-bond donors (Lipinski definition) is 1. The van der Waals surface area contributed by atoms with Crippen molar-refractivity contribution >= 4 is 51.0 Å². The van der Waals surface area contributed by atoms with Crippen LogP contribution in [-0.2, 0) is 14.8 Å². The SMILES string of the molecule is Cc1ccc(S(=O)(=O)N(CC(=O)N/N=C\c2c(F)cccc2Cl)c2cc(Cl)ccc2C)cc1. The Morgan fingerprint density at radius 1 is 1.09 bits per heavy atom. The van der Waals surface area contributed by atoms with Crippen LogP contribution >= 0.6 is 23.2 Å². The van der Waals surface area contributed by atoms with Crippen LogP contribution in [0, 0.1) is 19.7 Å². The van der Waals surface area contributed by atoms with Crippen LogP contribution in [0.3, 0.4) is 0 Å². The standard InChI is InChI=1S/C23H20Cl2FN3O3S/c1-15-6-10-18(11-7-15)33(31,32)29(22-12-17(24)9-8-16(22)2)14-23(30)28-27-13-19-20(25)4-3-5-21(19)26/h3-13H,14H2,1-2H3,(H,28,30)/b27-13-. The Hall–Kier alpha value is -2.94. The van der Waals surface area contributed by atoms with E-state index in [0.29, 0.717) is 10.6 Å². The van der Waals surface area contributed by atoms with Crippen molar-refractivity contribution in [1.29, 1.82) is 0 Å². The van der Waals surface area contributed by atoms with Gasteiger partial charge in [-0.1, -0.05) is 53.0 Å². The van der Waals surface area contributed by atoms with Crippen LogP contribution in [0.4, 0.5) is 10.1 Å². The first-order chi connectivity index (χ1) is 15.6. The Morgan fingerprint density at radius 3 is 2.45 bits per heavy atom. The number of nitrogens with one attached hydrogen (secondary N) is 1. The molecule has 0 aromatic heterocycles. The summed E-state index contributed by atoms with van der Waals surface area (Å²) in [5.74, 6) is -1.35. The van der Waals surface area contributed by atoms with E-state index in [9.17, 15) is 17.6 Å². The molecule has 0 atom stereocenters. The average Bonchev–Trinajstić information content (AvgIpc) is 2.76. The fourth-order valence-corrected chi connectivity index (χ4v) is 4.81. The molecule has 0 aliphatic carbocycles. The molecule has 0 saturated heterocycles. The highest BCUT2D eigenvalue weighted by Crippen LogP contribution is 2.29. The Kier molecular flexibility index (Phi) is 7.73. The number of anilines is 1. The van der Waals surface area contributed by atoms with E-state index >= 15 is 0 Å². The molecule has 1 N–H and O–H groups in total. The zero-order valence-electron chi connectivity index (χ0n) is 17.7. The molecule has 1 amide bonds. The molecule has 3 aromatic carbocycles. The summed E-state index contributed by atoms with van der Waals surface area (Å²) in [6.07, 6.45) is 1.05. The number of aryl methyl sites for hydroxylation is 2. The fraction of sp³-hybridized carbons (Fsp3) is 0.130. The van der Waals surface area contributed by atoms with Crippen LogP contribution < -0.4 is 9.73 Å². The van der Waals surface area contributed by atoms with Gasteiger partial charge in [0.15, 0.2) is 0 Å². The van der Waals surface area contributed by atoms with Crippen molar-refractivity contribution in [3.8, 4) is 0 Å². The fourth-order valence-electron chi connectivity index (χ4n) is 2.96. The number of nitrogens with zero attached hydrogens (tertiary/aromatic N) is 2. The number of amides is 1. The van der Waals surface area contributed by atoms with E-state index in [1.165, 1.54) is 36.4 Å². The summed E-state index contributed by atoms with van der Waals surface area (Å²) >= 11 is 12.0. The molecule has 0 aliphatic heterocycles. The summed E-state index contributed by atoms with van der Waals surface area (Å²) in [6, 6.07) is 15.1. The highest BCUT2D eigenvalue weighted by Gasteiger charge is 2.28. The number of halogens is 3. The lowest BCUT2D eigenvalue weighted by Gasteiger charge is -2.25. The second-order valence-electron chi connectivity index (χ2n) is 7.18. The van der Waals surface area contributed by atoms with Gasteiger partial charge in [-0.15, -0.1) is 0 Å². The third kappa shape index (κ3) is 5.90. The predicted octanol–water partition coefficient (Wildman–Crippen LogP) is 5.09. The third-order valence-electron chi connectivity index (χ3n) is 4.72. The van der Waals surface area contributed by atoms with Crippen LogP contribution in [-0.4, -0.2) is 27.1 Å². The lowest BCUT2D eigenvalue weighted by atomic mass is 10.2. The molecule has 0 fully saturated rings. The molecule has 33 heavy (non-hydrogen) atoms. The predicted molar refractivity (Wildman–Crippen MR) is 129 cm³/mol. The van der Waals surface area contributed by atoms with Crippen LogP contribution in [0.15, 0.2) is 70.7 Å². The van der Waals surface area contributed by atoms with E-state index in [2.05, 4.69) is 10.5 Å². The summed E-state index contributed by atoms with van der Waals surface area (Å²) in [4.78, 5) is 12.6. The quantitative estimate of drug-likeness (QED) is 0.357. The van der Waals surface area contributed by atoms with E-state index in [1.807, 2.05) is 6.92 Å². The maximum absolute atomic E-state index is 13.9. The van der Waals surface area contributed by atoms with Gasteiger partial charge in [0.05, 0.1) is 21.8 Å². The summed E-state index contributed by atoms with van der Waals surface area (Å²) < 4.78 is 41.7. The first-order valence-electron chi connectivity index (χ1n) is 9.71. The van der Waals surface area contributed by atoms with Crippen LogP contribution in [0.1, 0.15) is 16.7 Å². The number of carbonyl (C=O) groups excluding carboxylic acids is 1. The minimum Gasteiger partial charge on any atom is -0.271 e. The maximum atomic E-state index is 13.9. The number of sulfonamides is 1. The highest BCUT2D eigenvalue weighted by molar-refractivity contribution is 7.92. The molecule has 3 rings (SSSR count). The van der Waals surface area contributed by atoms with Gasteiger partial charge in [0.2, 0.25) is 0 Å². The minimum absolute atomic E-state index is 0.00529. The monoisotopic (exact) mass is 507 g/mol. The summed E-state index contributed by atoms with van der Waals surface area (Å²) in [5, 5.41) is 4.15. The average molecular weight is 508 g/mol. The Labute approximate surface area is 201 Å². The minimum atomic E-state index is -4.11. The van der Waals surface area contributed by atoms with Crippen molar-refractivity contribution < 1.29 is 17.6 Å². The Balaban J connectivity index is 1.91. The molecule has 172 valence electrons. The number of hydrazone groups is 1. The van der Waals surface area contributed by atoms with Gasteiger partial charge in [-0.2, -0.15) is 5.10 Å². The summed E-state index contributed by atoms with van der Waals surface area (Å²) in [5.41, 5.74) is 3.95. The molecule has 0 bridgehead atoms. The molecule has 0 unspecified atom stereocenters. The second-order valence-corrected chi connectivity index (χ2v) is 9.89. The zero-order valence-corrected chi connectivity index (χ0v) is 20.0. The van der Waals surface area contributed by atoms with Crippen molar-refractivity contribution in [1.82, 2.24) is 5.43 Å². The molecular formula is C23H20Cl2FN3O3S. The van der Waals surface area contributed by atoms with Crippen molar-refractivity contribution in [3.63, 3.8) is 0 Å². The maximum Gasteiger partial charge on any atom is 0.264 e. The number of benzene rings is 3. The Morgan fingerprint density at radius 2 is 1.79 bits per heavy atom. The number of rotatable bonds is 7. The molecule has 0 saturated carbocycles. The molecule has 0 radical (unpaired) electrons. The molecule has 3 aromatic rings.